The summed E-state index contributed by atoms with van der Waals surface area (Å²) < 4.78 is 37.6. The Labute approximate surface area is 199 Å². The predicted octanol–water partition coefficient (Wildman–Crippen LogP) is 5.40. The fourth-order valence-corrected chi connectivity index (χ4v) is 6.92. The Morgan fingerprint density at radius 2 is 1.88 bits per heavy atom. The topological polar surface area (TPSA) is 96.7 Å². The molecule has 1 aliphatic carbocycles. The van der Waals surface area contributed by atoms with Gasteiger partial charge in [-0.1, -0.05) is 0 Å². The molecule has 0 radical (unpaired) electrons. The molecule has 2 fully saturated rings. The molecule has 34 heavy (non-hydrogen) atoms. The first-order valence-electron chi connectivity index (χ1n) is 11.8. The monoisotopic (exact) mass is 484 g/mol. The van der Waals surface area contributed by atoms with Gasteiger partial charge in [0.15, 0.2) is 0 Å². The van der Waals surface area contributed by atoms with Gasteiger partial charge in [-0.05, 0) is 75.3 Å². The summed E-state index contributed by atoms with van der Waals surface area (Å²) in [5.74, 6) is 1.90. The first kappa shape index (κ1) is 23.0. The number of anilines is 2. The second-order valence-corrected chi connectivity index (χ2v) is 11.7. The van der Waals surface area contributed by atoms with E-state index in [1.807, 2.05) is 19.1 Å². The fourth-order valence-electron chi connectivity index (χ4n) is 4.73. The van der Waals surface area contributed by atoms with Crippen LogP contribution in [0.25, 0.3) is 10.9 Å². The second-order valence-electron chi connectivity index (χ2n) is 9.17. The van der Waals surface area contributed by atoms with Crippen molar-refractivity contribution >= 4 is 37.8 Å². The molecular weight excluding hydrogens is 455 g/mol. The van der Waals surface area contributed by atoms with Gasteiger partial charge in [-0.3, -0.25) is 0 Å². The van der Waals surface area contributed by atoms with Gasteiger partial charge in [0.2, 0.25) is 0 Å². The fraction of sp³-hybridized carbons (Fsp3) is 0.440. The van der Waals surface area contributed by atoms with Gasteiger partial charge in [0.1, 0.15) is 23.7 Å². The number of hydrogen-bond acceptors (Lipinski definition) is 7. The molecule has 0 spiro atoms. The van der Waals surface area contributed by atoms with E-state index in [0.717, 1.165) is 36.6 Å². The van der Waals surface area contributed by atoms with E-state index in [1.165, 1.54) is 18.5 Å². The summed E-state index contributed by atoms with van der Waals surface area (Å²) in [5, 5.41) is 13.9. The zero-order valence-electron chi connectivity index (χ0n) is 19.2. The van der Waals surface area contributed by atoms with Crippen molar-refractivity contribution in [2.45, 2.75) is 57.7 Å². The van der Waals surface area contributed by atoms with Gasteiger partial charge in [-0.25, -0.2) is 18.6 Å². The molecule has 3 aromatic rings. The standard InChI is InChI=1S/C25H29FN4O3S/c1-16-12-18(30-34(32)10-2-3-11-34)14-22-24(16)25(28-15-27-22)29-21-9-4-17(26)13-23(21)33-20-7-5-19(31)6-8-20/h4,9,12-15,19-20,31H,2-3,5-8,10-11H2,1H3,(H,27,28,29)/t19-,20-. The van der Waals surface area contributed by atoms with Crippen LogP contribution in [0.15, 0.2) is 41.0 Å². The molecule has 0 amide bonds. The Hall–Kier alpha value is -2.78. The van der Waals surface area contributed by atoms with E-state index in [1.54, 1.807) is 6.07 Å². The number of ether oxygens (including phenoxy) is 1. The van der Waals surface area contributed by atoms with Crippen LogP contribution in [0.4, 0.5) is 21.6 Å². The Balaban J connectivity index is 1.47. The van der Waals surface area contributed by atoms with Crippen LogP contribution in [0, 0.1) is 12.7 Å². The molecule has 1 aliphatic heterocycles. The van der Waals surface area contributed by atoms with Crippen molar-refractivity contribution in [3.05, 3.63) is 48.0 Å². The number of halogens is 1. The van der Waals surface area contributed by atoms with Crippen LogP contribution in [0.3, 0.4) is 0 Å². The lowest BCUT2D eigenvalue weighted by Crippen LogP contribution is -2.26. The zero-order valence-corrected chi connectivity index (χ0v) is 20.0. The maximum absolute atomic E-state index is 14.1. The molecule has 2 N–H and O–H groups in total. The average molecular weight is 485 g/mol. The minimum atomic E-state index is -2.18. The van der Waals surface area contributed by atoms with Gasteiger partial charge in [-0.2, -0.15) is 4.36 Å². The zero-order chi connectivity index (χ0) is 23.7. The van der Waals surface area contributed by atoms with Gasteiger partial charge < -0.3 is 15.2 Å². The number of nitrogens with zero attached hydrogens (tertiary/aromatic N) is 3. The molecule has 2 heterocycles. The number of benzene rings is 2. The van der Waals surface area contributed by atoms with Crippen LogP contribution in [0.5, 0.6) is 5.75 Å². The maximum atomic E-state index is 14.1. The molecule has 5 rings (SSSR count). The Bertz CT molecular complexity index is 1320. The minimum absolute atomic E-state index is 0.0729. The highest BCUT2D eigenvalue weighted by Gasteiger charge is 2.22. The molecule has 1 saturated carbocycles. The number of aromatic nitrogens is 2. The van der Waals surface area contributed by atoms with Crippen LogP contribution in [-0.2, 0) is 9.73 Å². The van der Waals surface area contributed by atoms with Crippen LogP contribution < -0.4 is 10.1 Å². The number of hydrogen-bond donors (Lipinski definition) is 2. The number of fused-ring (bicyclic) bond motifs is 1. The van der Waals surface area contributed by atoms with Crippen molar-refractivity contribution in [3.8, 4) is 5.75 Å². The third kappa shape index (κ3) is 5.00. The summed E-state index contributed by atoms with van der Waals surface area (Å²) >= 11 is 0. The summed E-state index contributed by atoms with van der Waals surface area (Å²) in [6, 6.07) is 8.15. The first-order valence-corrected chi connectivity index (χ1v) is 13.6. The van der Waals surface area contributed by atoms with Crippen molar-refractivity contribution in [2.24, 2.45) is 4.36 Å². The van der Waals surface area contributed by atoms with Crippen LogP contribution in [0.2, 0.25) is 0 Å². The average Bonchev–Trinajstić information content (AvgIpc) is 3.23. The van der Waals surface area contributed by atoms with Gasteiger partial charge in [0.25, 0.3) is 0 Å². The molecule has 9 heteroatoms. The number of aliphatic hydroxyl groups is 1. The summed E-state index contributed by atoms with van der Waals surface area (Å²) in [4.78, 5) is 8.86. The van der Waals surface area contributed by atoms with E-state index in [9.17, 15) is 13.7 Å². The summed E-state index contributed by atoms with van der Waals surface area (Å²) in [6.07, 6.45) is 5.82. The summed E-state index contributed by atoms with van der Waals surface area (Å²) in [7, 11) is -2.18. The van der Waals surface area contributed by atoms with Crippen molar-refractivity contribution < 1.29 is 18.4 Å². The van der Waals surface area contributed by atoms with Gasteiger partial charge in [0, 0.05) is 23.0 Å². The van der Waals surface area contributed by atoms with E-state index >= 15 is 0 Å². The highest BCUT2D eigenvalue weighted by Crippen LogP contribution is 2.35. The summed E-state index contributed by atoms with van der Waals surface area (Å²) in [5.41, 5.74) is 2.88. The Kier molecular flexibility index (Phi) is 6.40. The van der Waals surface area contributed by atoms with Crippen LogP contribution in [-0.4, -0.2) is 43.0 Å². The predicted molar refractivity (Wildman–Crippen MR) is 132 cm³/mol. The van der Waals surface area contributed by atoms with Crippen molar-refractivity contribution in [1.82, 2.24) is 9.97 Å². The van der Waals surface area contributed by atoms with Crippen molar-refractivity contribution in [2.75, 3.05) is 16.8 Å². The lowest BCUT2D eigenvalue weighted by atomic mass is 9.95. The molecule has 0 atom stereocenters. The van der Waals surface area contributed by atoms with Crippen molar-refractivity contribution in [3.63, 3.8) is 0 Å². The van der Waals surface area contributed by atoms with Crippen LogP contribution >= 0.6 is 0 Å². The number of nitrogens with one attached hydrogen (secondary N) is 1. The minimum Gasteiger partial charge on any atom is -0.488 e. The molecule has 7 nitrogen and oxygen atoms in total. The molecular formula is C25H29FN4O3S. The van der Waals surface area contributed by atoms with Crippen molar-refractivity contribution in [1.29, 1.82) is 0 Å². The lowest BCUT2D eigenvalue weighted by Gasteiger charge is -2.27. The molecule has 2 aliphatic rings. The highest BCUT2D eigenvalue weighted by molar-refractivity contribution is 7.93. The second kappa shape index (κ2) is 9.46. The Morgan fingerprint density at radius 3 is 2.65 bits per heavy atom. The maximum Gasteiger partial charge on any atom is 0.146 e. The Morgan fingerprint density at radius 1 is 1.12 bits per heavy atom. The molecule has 1 saturated heterocycles. The van der Waals surface area contributed by atoms with E-state index < -0.39 is 9.73 Å². The number of aliphatic hydroxyl groups excluding tert-OH is 1. The lowest BCUT2D eigenvalue weighted by molar-refractivity contribution is 0.0668. The quantitative estimate of drug-likeness (QED) is 0.504. The molecule has 0 unspecified atom stereocenters. The molecule has 1 aromatic heterocycles. The van der Waals surface area contributed by atoms with E-state index in [-0.39, 0.29) is 18.0 Å². The normalized spacial score (nSPS) is 22.0. The molecule has 0 bridgehead atoms. The summed E-state index contributed by atoms with van der Waals surface area (Å²) in [6.45, 7) is 1.95. The van der Waals surface area contributed by atoms with Gasteiger partial charge >= 0.3 is 0 Å². The van der Waals surface area contributed by atoms with E-state index in [0.29, 0.717) is 52.8 Å². The largest absolute Gasteiger partial charge is 0.488 e. The third-order valence-corrected chi connectivity index (χ3v) is 8.90. The van der Waals surface area contributed by atoms with E-state index in [2.05, 4.69) is 19.6 Å². The highest BCUT2D eigenvalue weighted by atomic mass is 32.2. The third-order valence-electron chi connectivity index (χ3n) is 6.50. The smallest absolute Gasteiger partial charge is 0.146 e. The number of rotatable bonds is 5. The van der Waals surface area contributed by atoms with E-state index in [4.69, 9.17) is 4.74 Å². The van der Waals surface area contributed by atoms with Gasteiger partial charge in [0.05, 0.1) is 38.8 Å². The first-order chi connectivity index (χ1) is 16.4. The van der Waals surface area contributed by atoms with Gasteiger partial charge in [-0.15, -0.1) is 0 Å². The molecule has 2 aromatic carbocycles. The SMILES string of the molecule is Cc1cc(N=S2(=O)CCCC2)cc2ncnc(Nc3ccc(F)cc3O[C@H]3CC[C@H](O)CC3)c12. The van der Waals surface area contributed by atoms with Crippen LogP contribution in [0.1, 0.15) is 44.1 Å². The number of aryl methyl sites for hydroxylation is 1. The molecule has 180 valence electrons.